The number of nitrogens with one attached hydrogen (secondary N) is 3. The van der Waals surface area contributed by atoms with Gasteiger partial charge >= 0.3 is 0 Å². The van der Waals surface area contributed by atoms with Gasteiger partial charge in [0.15, 0.2) is 0 Å². The number of fused-ring (bicyclic) bond motifs is 1. The number of nitrogen functional groups attached to an aromatic ring is 1. The molecule has 0 bridgehead atoms. The van der Waals surface area contributed by atoms with Crippen molar-refractivity contribution >= 4 is 17.9 Å². The van der Waals surface area contributed by atoms with Crippen LogP contribution in [0.4, 0.5) is 5.82 Å². The zero-order valence-corrected chi connectivity index (χ0v) is 18.1. The third kappa shape index (κ3) is 4.63. The summed E-state index contributed by atoms with van der Waals surface area (Å²) >= 11 is 0. The van der Waals surface area contributed by atoms with Crippen molar-refractivity contribution in [2.45, 2.75) is 19.9 Å². The minimum absolute atomic E-state index is 0.285. The average Bonchev–Trinajstić information content (AvgIpc) is 2.82. The van der Waals surface area contributed by atoms with E-state index in [-0.39, 0.29) is 5.71 Å². The first-order chi connectivity index (χ1) is 15.6. The van der Waals surface area contributed by atoms with E-state index in [2.05, 4.69) is 33.8 Å². The van der Waals surface area contributed by atoms with Crippen LogP contribution in [0.3, 0.4) is 0 Å². The van der Waals surface area contributed by atoms with Crippen LogP contribution in [-0.2, 0) is 17.8 Å². The monoisotopic (exact) mass is 429 g/mol. The van der Waals surface area contributed by atoms with Crippen molar-refractivity contribution < 1.29 is 9.53 Å². The maximum absolute atomic E-state index is 10.4. The first-order valence-corrected chi connectivity index (χ1v) is 10.6. The number of aromatic nitrogens is 1. The van der Waals surface area contributed by atoms with Gasteiger partial charge in [-0.25, -0.2) is 4.98 Å². The Kier molecular flexibility index (Phi) is 6.47. The second kappa shape index (κ2) is 9.62. The number of nitrogens with two attached hydrogens (primary N) is 1. The summed E-state index contributed by atoms with van der Waals surface area (Å²) in [5, 5.41) is 14.8. The molecule has 0 aliphatic carbocycles. The van der Waals surface area contributed by atoms with Crippen molar-refractivity contribution in [3.8, 4) is 16.9 Å². The SMILES string of the molecule is Cc1ccc(C(=N)c2cc(-c3ccc4c(c3)CNCC4)cnc2N)cc1OCCNC=O. The third-order valence-corrected chi connectivity index (χ3v) is 5.68. The highest BCUT2D eigenvalue weighted by Gasteiger charge is 2.15. The Bertz CT molecular complexity index is 1160. The van der Waals surface area contributed by atoms with Gasteiger partial charge in [-0.1, -0.05) is 24.3 Å². The van der Waals surface area contributed by atoms with E-state index in [0.29, 0.717) is 42.3 Å². The van der Waals surface area contributed by atoms with E-state index in [4.69, 9.17) is 15.9 Å². The van der Waals surface area contributed by atoms with Gasteiger partial charge in [0.1, 0.15) is 18.2 Å². The van der Waals surface area contributed by atoms with Gasteiger partial charge in [0.25, 0.3) is 0 Å². The van der Waals surface area contributed by atoms with E-state index < -0.39 is 0 Å². The largest absolute Gasteiger partial charge is 0.491 e. The molecule has 2 heterocycles. The van der Waals surface area contributed by atoms with Crippen molar-refractivity contribution in [2.75, 3.05) is 25.4 Å². The fraction of sp³-hybridized carbons (Fsp3) is 0.240. The highest BCUT2D eigenvalue weighted by atomic mass is 16.5. The molecule has 2 aromatic carbocycles. The Morgan fingerprint density at radius 1 is 1.22 bits per heavy atom. The van der Waals surface area contributed by atoms with E-state index in [0.717, 1.165) is 36.2 Å². The van der Waals surface area contributed by atoms with Crippen molar-refractivity contribution in [2.24, 2.45) is 0 Å². The van der Waals surface area contributed by atoms with Crippen molar-refractivity contribution in [1.82, 2.24) is 15.6 Å². The van der Waals surface area contributed by atoms with E-state index in [9.17, 15) is 4.79 Å². The fourth-order valence-corrected chi connectivity index (χ4v) is 3.84. The number of rotatable bonds is 8. The van der Waals surface area contributed by atoms with E-state index >= 15 is 0 Å². The summed E-state index contributed by atoms with van der Waals surface area (Å²) in [6, 6.07) is 14.0. The summed E-state index contributed by atoms with van der Waals surface area (Å²) in [7, 11) is 0. The van der Waals surface area contributed by atoms with Gasteiger partial charge in [0, 0.05) is 29.4 Å². The molecule has 1 aliphatic heterocycles. The van der Waals surface area contributed by atoms with Crippen LogP contribution < -0.4 is 21.1 Å². The number of carbonyl (C=O) groups is 1. The Hall–Kier alpha value is -3.71. The highest BCUT2D eigenvalue weighted by Crippen LogP contribution is 2.28. The van der Waals surface area contributed by atoms with Crippen LogP contribution >= 0.6 is 0 Å². The quantitative estimate of drug-likeness (QED) is 0.250. The average molecular weight is 430 g/mol. The Morgan fingerprint density at radius 3 is 2.94 bits per heavy atom. The first kappa shape index (κ1) is 21.5. The zero-order valence-electron chi connectivity index (χ0n) is 18.1. The lowest BCUT2D eigenvalue weighted by molar-refractivity contribution is -0.109. The van der Waals surface area contributed by atoms with Crippen molar-refractivity contribution in [3.63, 3.8) is 0 Å². The molecule has 3 aromatic rings. The number of carbonyl (C=O) groups excluding carboxylic acids is 1. The molecule has 0 radical (unpaired) electrons. The molecule has 0 unspecified atom stereocenters. The first-order valence-electron chi connectivity index (χ1n) is 10.6. The molecule has 32 heavy (non-hydrogen) atoms. The molecule has 0 saturated carbocycles. The molecular formula is C25H27N5O2. The molecule has 4 rings (SSSR count). The van der Waals surface area contributed by atoms with Crippen LogP contribution in [-0.4, -0.2) is 36.8 Å². The van der Waals surface area contributed by atoms with E-state index in [1.54, 1.807) is 6.20 Å². The summed E-state index contributed by atoms with van der Waals surface area (Å²) in [4.78, 5) is 14.8. The topological polar surface area (TPSA) is 113 Å². The van der Waals surface area contributed by atoms with Gasteiger partial charge < -0.3 is 21.1 Å². The molecule has 0 spiro atoms. The number of ether oxygens (including phenoxy) is 1. The maximum atomic E-state index is 10.4. The number of benzene rings is 2. The Morgan fingerprint density at radius 2 is 2.09 bits per heavy atom. The van der Waals surface area contributed by atoms with E-state index in [1.165, 1.54) is 11.1 Å². The minimum atomic E-state index is 0.285. The molecule has 0 saturated heterocycles. The lowest BCUT2D eigenvalue weighted by Gasteiger charge is -2.18. The van der Waals surface area contributed by atoms with Crippen LogP contribution in [0.5, 0.6) is 5.75 Å². The normalized spacial score (nSPS) is 12.7. The van der Waals surface area contributed by atoms with Gasteiger partial charge in [0.05, 0.1) is 12.3 Å². The molecule has 5 N–H and O–H groups in total. The number of pyridine rings is 1. The Labute approximate surface area is 187 Å². The van der Waals surface area contributed by atoms with Crippen LogP contribution in [0.15, 0.2) is 48.7 Å². The number of anilines is 1. The standard InChI is InChI=1S/C25H27N5O2/c1-16-2-3-19(12-23(16)32-9-8-29-15-31)24(26)22-11-21(14-30-25(22)27)18-5-4-17-6-7-28-13-20(17)10-18/h2-5,10-12,14-15,26,28H,6-9,13H2,1H3,(H2,27,30)(H,29,31). The third-order valence-electron chi connectivity index (χ3n) is 5.68. The van der Waals surface area contributed by atoms with Gasteiger partial charge in [0.2, 0.25) is 6.41 Å². The smallest absolute Gasteiger partial charge is 0.207 e. The van der Waals surface area contributed by atoms with Crippen LogP contribution in [0.2, 0.25) is 0 Å². The van der Waals surface area contributed by atoms with Crippen LogP contribution in [0.1, 0.15) is 27.8 Å². The van der Waals surface area contributed by atoms with Crippen LogP contribution in [0, 0.1) is 12.3 Å². The maximum Gasteiger partial charge on any atom is 0.207 e. The number of amides is 1. The van der Waals surface area contributed by atoms with Crippen molar-refractivity contribution in [3.05, 3.63) is 76.5 Å². The number of hydrogen-bond donors (Lipinski definition) is 4. The number of nitrogens with zero attached hydrogens (tertiary/aromatic N) is 1. The van der Waals surface area contributed by atoms with Crippen LogP contribution in [0.25, 0.3) is 11.1 Å². The molecule has 0 atom stereocenters. The molecule has 7 heteroatoms. The van der Waals surface area contributed by atoms with E-state index in [1.807, 2.05) is 31.2 Å². The summed E-state index contributed by atoms with van der Waals surface area (Å²) in [5.74, 6) is 0.987. The lowest BCUT2D eigenvalue weighted by Crippen LogP contribution is -2.23. The summed E-state index contributed by atoms with van der Waals surface area (Å²) in [6.07, 6.45) is 3.44. The van der Waals surface area contributed by atoms with Gasteiger partial charge in [-0.15, -0.1) is 0 Å². The molecule has 7 nitrogen and oxygen atoms in total. The van der Waals surface area contributed by atoms with Gasteiger partial charge in [-0.05, 0) is 60.3 Å². The predicted octanol–water partition coefficient (Wildman–Crippen LogP) is 2.83. The predicted molar refractivity (Wildman–Crippen MR) is 126 cm³/mol. The second-order valence-corrected chi connectivity index (χ2v) is 7.84. The molecule has 164 valence electrons. The highest BCUT2D eigenvalue weighted by molar-refractivity contribution is 6.14. The minimum Gasteiger partial charge on any atom is -0.491 e. The molecule has 0 fully saturated rings. The number of aryl methyl sites for hydroxylation is 1. The lowest BCUT2D eigenvalue weighted by atomic mass is 9.94. The molecule has 1 amide bonds. The van der Waals surface area contributed by atoms with Gasteiger partial charge in [-0.2, -0.15) is 0 Å². The summed E-state index contributed by atoms with van der Waals surface area (Å²) in [6.45, 7) is 4.58. The summed E-state index contributed by atoms with van der Waals surface area (Å²) in [5.41, 5.74) is 13.3. The number of hydrogen-bond acceptors (Lipinski definition) is 6. The zero-order chi connectivity index (χ0) is 22.5. The second-order valence-electron chi connectivity index (χ2n) is 7.84. The fourth-order valence-electron chi connectivity index (χ4n) is 3.84. The molecule has 1 aliphatic rings. The summed E-state index contributed by atoms with van der Waals surface area (Å²) < 4.78 is 5.77. The van der Waals surface area contributed by atoms with Gasteiger partial charge in [-0.3, -0.25) is 10.2 Å². The van der Waals surface area contributed by atoms with Crippen molar-refractivity contribution in [1.29, 1.82) is 5.41 Å². The molecule has 1 aromatic heterocycles. The Balaban J connectivity index is 1.61. The molecular weight excluding hydrogens is 402 g/mol.